The van der Waals surface area contributed by atoms with Gasteiger partial charge in [0.15, 0.2) is 5.69 Å². The van der Waals surface area contributed by atoms with Crippen LogP contribution in [0.3, 0.4) is 0 Å². The lowest BCUT2D eigenvalue weighted by molar-refractivity contribution is -0.118. The molecule has 1 aromatic heterocycles. The summed E-state index contributed by atoms with van der Waals surface area (Å²) in [6.07, 6.45) is 1.56. The van der Waals surface area contributed by atoms with E-state index < -0.39 is 11.4 Å². The maximum Gasteiger partial charge on any atom is 0.359 e. The van der Waals surface area contributed by atoms with E-state index in [1.807, 2.05) is 18.2 Å². The van der Waals surface area contributed by atoms with Crippen LogP contribution in [0.2, 0.25) is 5.02 Å². The summed E-state index contributed by atoms with van der Waals surface area (Å²) in [5, 5.41) is 10.9. The molecule has 2 N–H and O–H groups in total. The highest BCUT2D eigenvalue weighted by Gasteiger charge is 2.51. The number of aromatic nitrogens is 2. The second-order valence-electron chi connectivity index (χ2n) is 6.37. The Kier molecular flexibility index (Phi) is 3.92. The second kappa shape index (κ2) is 6.14. The van der Waals surface area contributed by atoms with Gasteiger partial charge in [0, 0.05) is 16.1 Å². The Labute approximate surface area is 154 Å². The SMILES string of the molecule is COC(=O)c1n[nH]c2ccc(NC(=O)C3(c4cccc(Cl)c4)CC3)cc12. The van der Waals surface area contributed by atoms with Crippen LogP contribution in [0.5, 0.6) is 0 Å². The minimum absolute atomic E-state index is 0.0813. The van der Waals surface area contributed by atoms with Crippen LogP contribution in [0.15, 0.2) is 42.5 Å². The Morgan fingerprint density at radius 2 is 2.04 bits per heavy atom. The summed E-state index contributed by atoms with van der Waals surface area (Å²) in [6.45, 7) is 0. The minimum Gasteiger partial charge on any atom is -0.464 e. The summed E-state index contributed by atoms with van der Waals surface area (Å²) >= 11 is 6.07. The number of ether oxygens (including phenoxy) is 1. The first-order valence-corrected chi connectivity index (χ1v) is 8.55. The smallest absolute Gasteiger partial charge is 0.359 e. The van der Waals surface area contributed by atoms with Crippen LogP contribution in [-0.2, 0) is 14.9 Å². The molecule has 7 heteroatoms. The maximum atomic E-state index is 12.9. The van der Waals surface area contributed by atoms with Crippen molar-refractivity contribution in [2.45, 2.75) is 18.3 Å². The number of esters is 1. The predicted octanol–water partition coefficient (Wildman–Crippen LogP) is 3.67. The molecule has 0 radical (unpaired) electrons. The van der Waals surface area contributed by atoms with Gasteiger partial charge in [-0.05, 0) is 48.7 Å². The van der Waals surface area contributed by atoms with Gasteiger partial charge in [0.2, 0.25) is 5.91 Å². The number of anilines is 1. The zero-order valence-corrected chi connectivity index (χ0v) is 14.8. The van der Waals surface area contributed by atoms with Crippen molar-refractivity contribution in [3.8, 4) is 0 Å². The standard InChI is InChI=1S/C19H16ClN3O3/c1-26-17(24)16-14-10-13(5-6-15(14)22-23-16)21-18(25)19(7-8-19)11-3-2-4-12(20)9-11/h2-6,9-10H,7-8H2,1H3,(H,21,25)(H,22,23). The van der Waals surface area contributed by atoms with Crippen LogP contribution in [0.25, 0.3) is 10.9 Å². The first kappa shape index (κ1) is 16.6. The van der Waals surface area contributed by atoms with Gasteiger partial charge in [-0.1, -0.05) is 23.7 Å². The average Bonchev–Trinajstić information content (AvgIpc) is 3.36. The molecule has 6 nitrogen and oxygen atoms in total. The summed E-state index contributed by atoms with van der Waals surface area (Å²) in [7, 11) is 1.30. The largest absolute Gasteiger partial charge is 0.464 e. The number of amides is 1. The number of rotatable bonds is 4. The van der Waals surface area contributed by atoms with E-state index in [1.165, 1.54) is 7.11 Å². The molecule has 0 spiro atoms. The van der Waals surface area contributed by atoms with E-state index in [0.717, 1.165) is 18.4 Å². The van der Waals surface area contributed by atoms with Crippen LogP contribution >= 0.6 is 11.6 Å². The summed E-state index contributed by atoms with van der Waals surface area (Å²) in [4.78, 5) is 24.7. The van der Waals surface area contributed by atoms with Crippen LogP contribution in [0.1, 0.15) is 28.9 Å². The molecular weight excluding hydrogens is 354 g/mol. The van der Waals surface area contributed by atoms with E-state index in [9.17, 15) is 9.59 Å². The fourth-order valence-corrected chi connectivity index (χ4v) is 3.34. The maximum absolute atomic E-state index is 12.9. The average molecular weight is 370 g/mol. The van der Waals surface area contributed by atoms with Gasteiger partial charge in [-0.25, -0.2) is 4.79 Å². The lowest BCUT2D eigenvalue weighted by Gasteiger charge is -2.16. The van der Waals surface area contributed by atoms with Crippen molar-refractivity contribution in [1.82, 2.24) is 10.2 Å². The van der Waals surface area contributed by atoms with E-state index in [-0.39, 0.29) is 11.6 Å². The summed E-state index contributed by atoms with van der Waals surface area (Å²) in [6, 6.07) is 12.7. The number of carbonyl (C=O) groups is 2. The van der Waals surface area contributed by atoms with Gasteiger partial charge in [-0.15, -0.1) is 0 Å². The number of halogens is 1. The van der Waals surface area contributed by atoms with Crippen molar-refractivity contribution >= 4 is 40.1 Å². The fourth-order valence-electron chi connectivity index (χ4n) is 3.15. The monoisotopic (exact) mass is 369 g/mol. The van der Waals surface area contributed by atoms with Crippen molar-refractivity contribution in [3.05, 3.63) is 58.7 Å². The molecule has 1 heterocycles. The lowest BCUT2D eigenvalue weighted by atomic mass is 9.95. The first-order valence-electron chi connectivity index (χ1n) is 8.17. The van der Waals surface area contributed by atoms with Gasteiger partial charge in [0.1, 0.15) is 0 Å². The summed E-state index contributed by atoms with van der Waals surface area (Å²) in [5.74, 6) is -0.612. The van der Waals surface area contributed by atoms with E-state index in [2.05, 4.69) is 15.5 Å². The number of aromatic amines is 1. The first-order chi connectivity index (χ1) is 12.5. The molecule has 2 aromatic carbocycles. The molecule has 3 aromatic rings. The van der Waals surface area contributed by atoms with Crippen LogP contribution in [0, 0.1) is 0 Å². The van der Waals surface area contributed by atoms with Gasteiger partial charge in [-0.3, -0.25) is 9.89 Å². The zero-order chi connectivity index (χ0) is 18.3. The number of hydrogen-bond acceptors (Lipinski definition) is 4. The highest BCUT2D eigenvalue weighted by molar-refractivity contribution is 6.30. The normalized spacial score (nSPS) is 14.8. The molecule has 26 heavy (non-hydrogen) atoms. The third-order valence-electron chi connectivity index (χ3n) is 4.76. The molecule has 0 saturated heterocycles. The summed E-state index contributed by atoms with van der Waals surface area (Å²) < 4.78 is 4.74. The Balaban J connectivity index is 1.63. The molecule has 1 aliphatic carbocycles. The Bertz CT molecular complexity index is 1020. The fraction of sp³-hybridized carbons (Fsp3) is 0.211. The zero-order valence-electron chi connectivity index (χ0n) is 14.0. The third-order valence-corrected chi connectivity index (χ3v) is 5.00. The summed E-state index contributed by atoms with van der Waals surface area (Å²) in [5.41, 5.74) is 1.86. The van der Waals surface area contributed by atoms with Crippen molar-refractivity contribution in [3.63, 3.8) is 0 Å². The number of carbonyl (C=O) groups excluding carboxylic acids is 2. The minimum atomic E-state index is -0.540. The highest BCUT2D eigenvalue weighted by atomic mass is 35.5. The van der Waals surface area contributed by atoms with E-state index in [0.29, 0.717) is 21.6 Å². The number of nitrogens with one attached hydrogen (secondary N) is 2. The molecule has 0 unspecified atom stereocenters. The number of benzene rings is 2. The van der Waals surface area contributed by atoms with Crippen molar-refractivity contribution in [2.75, 3.05) is 12.4 Å². The number of H-pyrrole nitrogens is 1. The molecule has 132 valence electrons. The Morgan fingerprint density at radius 3 is 2.73 bits per heavy atom. The molecular formula is C19H16ClN3O3. The van der Waals surface area contributed by atoms with Crippen molar-refractivity contribution in [2.24, 2.45) is 0 Å². The Morgan fingerprint density at radius 1 is 1.23 bits per heavy atom. The second-order valence-corrected chi connectivity index (χ2v) is 6.81. The quantitative estimate of drug-likeness (QED) is 0.687. The van der Waals surface area contributed by atoms with Gasteiger partial charge < -0.3 is 10.1 Å². The number of fused-ring (bicyclic) bond motifs is 1. The molecule has 1 saturated carbocycles. The highest BCUT2D eigenvalue weighted by Crippen LogP contribution is 2.49. The van der Waals surface area contributed by atoms with Crippen LogP contribution < -0.4 is 5.32 Å². The van der Waals surface area contributed by atoms with Crippen LogP contribution in [0.4, 0.5) is 5.69 Å². The third kappa shape index (κ3) is 2.72. The van der Waals surface area contributed by atoms with Gasteiger partial charge in [0.05, 0.1) is 18.0 Å². The van der Waals surface area contributed by atoms with Crippen LogP contribution in [-0.4, -0.2) is 29.2 Å². The molecule has 0 atom stereocenters. The van der Waals surface area contributed by atoms with Crippen molar-refractivity contribution in [1.29, 1.82) is 0 Å². The van der Waals surface area contributed by atoms with Crippen molar-refractivity contribution < 1.29 is 14.3 Å². The molecule has 4 rings (SSSR count). The van der Waals surface area contributed by atoms with Gasteiger partial charge in [0.25, 0.3) is 0 Å². The number of hydrogen-bond donors (Lipinski definition) is 2. The van der Waals surface area contributed by atoms with E-state index >= 15 is 0 Å². The van der Waals surface area contributed by atoms with E-state index in [4.69, 9.17) is 16.3 Å². The predicted molar refractivity (Wildman–Crippen MR) is 98.4 cm³/mol. The number of methoxy groups -OCH3 is 1. The molecule has 1 aliphatic rings. The lowest BCUT2D eigenvalue weighted by Crippen LogP contribution is -2.27. The molecule has 0 bridgehead atoms. The van der Waals surface area contributed by atoms with Gasteiger partial charge >= 0.3 is 5.97 Å². The topological polar surface area (TPSA) is 84.1 Å². The molecule has 1 fully saturated rings. The molecule has 0 aliphatic heterocycles. The molecule has 1 amide bonds. The Hall–Kier alpha value is -2.86. The van der Waals surface area contributed by atoms with E-state index in [1.54, 1.807) is 24.3 Å². The van der Waals surface area contributed by atoms with Gasteiger partial charge in [-0.2, -0.15) is 5.10 Å². The number of nitrogens with zero attached hydrogens (tertiary/aromatic N) is 1.